The molecule has 4 rings (SSSR count). The van der Waals surface area contributed by atoms with Gasteiger partial charge in [0.25, 0.3) is 11.8 Å². The first-order valence-corrected chi connectivity index (χ1v) is 8.81. The van der Waals surface area contributed by atoms with E-state index in [0.29, 0.717) is 47.5 Å². The number of nitrogens with zero attached hydrogens (tertiary/aromatic N) is 6. The first-order valence-electron chi connectivity index (χ1n) is 8.43. The van der Waals surface area contributed by atoms with Crippen molar-refractivity contribution in [3.05, 3.63) is 46.9 Å². The van der Waals surface area contributed by atoms with E-state index >= 15 is 0 Å². The summed E-state index contributed by atoms with van der Waals surface area (Å²) in [5, 5.41) is 12.8. The zero-order valence-electron chi connectivity index (χ0n) is 14.2. The molecule has 1 amide bonds. The van der Waals surface area contributed by atoms with Crippen LogP contribution in [0.3, 0.4) is 0 Å². The molecule has 1 saturated heterocycles. The first kappa shape index (κ1) is 16.7. The molecule has 1 atom stereocenters. The van der Waals surface area contributed by atoms with Crippen LogP contribution in [0.1, 0.15) is 35.6 Å². The van der Waals surface area contributed by atoms with E-state index in [1.165, 1.54) is 0 Å². The molecule has 1 aliphatic rings. The number of carbonyl (C=O) groups excluding carboxylic acids is 1. The largest absolute Gasteiger partial charge is 0.336 e. The van der Waals surface area contributed by atoms with Gasteiger partial charge in [0.2, 0.25) is 0 Å². The fourth-order valence-corrected chi connectivity index (χ4v) is 3.10. The van der Waals surface area contributed by atoms with E-state index in [2.05, 4.69) is 20.5 Å². The summed E-state index contributed by atoms with van der Waals surface area (Å²) >= 11 is 5.88. The fourth-order valence-electron chi connectivity index (χ4n) is 2.97. The zero-order valence-corrected chi connectivity index (χ0v) is 14.9. The topological polar surface area (TPSA) is 89.9 Å². The molecule has 0 N–H and O–H groups in total. The standard InChI is InChI=1S/C17H17ClN6O2/c1-2-15-19-16(26-21-15)14-10-24(22-20-14)13-7-8-23(9-13)17(25)11-3-5-12(18)6-4-11/h3-6,10,13H,2,7-9H2,1H3. The summed E-state index contributed by atoms with van der Waals surface area (Å²) < 4.78 is 6.96. The van der Waals surface area contributed by atoms with E-state index in [4.69, 9.17) is 16.1 Å². The van der Waals surface area contributed by atoms with Crippen LogP contribution in [0.5, 0.6) is 0 Å². The van der Waals surface area contributed by atoms with Gasteiger partial charge in [-0.2, -0.15) is 4.98 Å². The zero-order chi connectivity index (χ0) is 18.1. The van der Waals surface area contributed by atoms with Gasteiger partial charge in [-0.25, -0.2) is 4.68 Å². The molecular formula is C17H17ClN6O2. The maximum atomic E-state index is 12.6. The lowest BCUT2D eigenvalue weighted by atomic mass is 10.2. The first-order chi connectivity index (χ1) is 12.6. The number of rotatable bonds is 4. The van der Waals surface area contributed by atoms with Crippen LogP contribution in [-0.2, 0) is 6.42 Å². The second-order valence-corrected chi connectivity index (χ2v) is 6.59. The highest BCUT2D eigenvalue weighted by Gasteiger charge is 2.29. The number of hydrogen-bond donors (Lipinski definition) is 0. The van der Waals surface area contributed by atoms with Crippen molar-refractivity contribution in [2.75, 3.05) is 13.1 Å². The fraction of sp³-hybridized carbons (Fsp3) is 0.353. The summed E-state index contributed by atoms with van der Waals surface area (Å²) in [5.41, 5.74) is 1.17. The van der Waals surface area contributed by atoms with Gasteiger partial charge in [0.1, 0.15) is 0 Å². The monoisotopic (exact) mass is 372 g/mol. The molecule has 3 aromatic rings. The Balaban J connectivity index is 1.45. The maximum Gasteiger partial charge on any atom is 0.280 e. The molecule has 1 aliphatic heterocycles. The van der Waals surface area contributed by atoms with Crippen LogP contribution in [0.25, 0.3) is 11.6 Å². The van der Waals surface area contributed by atoms with Gasteiger partial charge in [-0.05, 0) is 30.7 Å². The van der Waals surface area contributed by atoms with Crippen molar-refractivity contribution in [3.63, 3.8) is 0 Å². The second-order valence-electron chi connectivity index (χ2n) is 6.15. The van der Waals surface area contributed by atoms with Gasteiger partial charge in [-0.3, -0.25) is 4.79 Å². The van der Waals surface area contributed by atoms with Crippen molar-refractivity contribution in [3.8, 4) is 11.6 Å². The van der Waals surface area contributed by atoms with Crippen LogP contribution >= 0.6 is 11.6 Å². The minimum atomic E-state index is -0.00556. The molecule has 0 radical (unpaired) electrons. The van der Waals surface area contributed by atoms with Crippen molar-refractivity contribution in [1.82, 2.24) is 30.0 Å². The lowest BCUT2D eigenvalue weighted by Crippen LogP contribution is -2.29. The third kappa shape index (κ3) is 3.20. The molecule has 26 heavy (non-hydrogen) atoms. The van der Waals surface area contributed by atoms with E-state index in [0.717, 1.165) is 6.42 Å². The van der Waals surface area contributed by atoms with Crippen molar-refractivity contribution in [1.29, 1.82) is 0 Å². The van der Waals surface area contributed by atoms with Crippen LogP contribution in [0, 0.1) is 0 Å². The Bertz CT molecular complexity index is 919. The lowest BCUT2D eigenvalue weighted by molar-refractivity contribution is 0.0787. The van der Waals surface area contributed by atoms with E-state index in [-0.39, 0.29) is 11.9 Å². The van der Waals surface area contributed by atoms with Crippen molar-refractivity contribution in [2.24, 2.45) is 0 Å². The Morgan fingerprint density at radius 1 is 1.35 bits per heavy atom. The normalized spacial score (nSPS) is 17.0. The number of hydrogen-bond acceptors (Lipinski definition) is 6. The average Bonchev–Trinajstić information content (AvgIpc) is 3.40. The molecule has 1 aromatic carbocycles. The number of carbonyl (C=O) groups is 1. The van der Waals surface area contributed by atoms with Gasteiger partial charge in [0.15, 0.2) is 11.5 Å². The average molecular weight is 373 g/mol. The number of aryl methyl sites for hydroxylation is 1. The van der Waals surface area contributed by atoms with Crippen LogP contribution in [0.15, 0.2) is 35.0 Å². The van der Waals surface area contributed by atoms with E-state index in [1.807, 2.05) is 11.8 Å². The number of amides is 1. The Morgan fingerprint density at radius 2 is 2.15 bits per heavy atom. The molecule has 9 heteroatoms. The molecule has 1 unspecified atom stereocenters. The molecule has 0 bridgehead atoms. The van der Waals surface area contributed by atoms with Gasteiger partial charge < -0.3 is 9.42 Å². The highest BCUT2D eigenvalue weighted by Crippen LogP contribution is 2.24. The Kier molecular flexibility index (Phi) is 4.42. The molecule has 1 fully saturated rings. The molecule has 3 heterocycles. The Hall–Kier alpha value is -2.74. The number of halogens is 1. The van der Waals surface area contributed by atoms with Gasteiger partial charge in [-0.1, -0.05) is 28.9 Å². The van der Waals surface area contributed by atoms with Crippen molar-refractivity contribution < 1.29 is 9.32 Å². The number of aromatic nitrogens is 5. The van der Waals surface area contributed by atoms with Crippen LogP contribution in [-0.4, -0.2) is 49.0 Å². The molecule has 0 spiro atoms. The van der Waals surface area contributed by atoms with Gasteiger partial charge in [-0.15, -0.1) is 5.10 Å². The molecule has 134 valence electrons. The Labute approximate surface area is 154 Å². The molecular weight excluding hydrogens is 356 g/mol. The third-order valence-corrected chi connectivity index (χ3v) is 4.68. The molecule has 0 aliphatic carbocycles. The van der Waals surface area contributed by atoms with Crippen LogP contribution in [0.2, 0.25) is 5.02 Å². The second kappa shape index (κ2) is 6.87. The highest BCUT2D eigenvalue weighted by molar-refractivity contribution is 6.30. The molecule has 0 saturated carbocycles. The molecule has 2 aromatic heterocycles. The maximum absolute atomic E-state index is 12.6. The summed E-state index contributed by atoms with van der Waals surface area (Å²) in [4.78, 5) is 18.7. The van der Waals surface area contributed by atoms with Crippen molar-refractivity contribution in [2.45, 2.75) is 25.8 Å². The highest BCUT2D eigenvalue weighted by atomic mass is 35.5. The van der Waals surface area contributed by atoms with E-state index < -0.39 is 0 Å². The number of likely N-dealkylation sites (tertiary alicyclic amines) is 1. The summed E-state index contributed by atoms with van der Waals surface area (Å²) in [7, 11) is 0. The smallest absolute Gasteiger partial charge is 0.280 e. The lowest BCUT2D eigenvalue weighted by Gasteiger charge is -2.16. The predicted molar refractivity (Wildman–Crippen MR) is 93.7 cm³/mol. The quantitative estimate of drug-likeness (QED) is 0.699. The Morgan fingerprint density at radius 3 is 2.88 bits per heavy atom. The van der Waals surface area contributed by atoms with Crippen molar-refractivity contribution >= 4 is 17.5 Å². The number of benzene rings is 1. The predicted octanol–water partition coefficient (Wildman–Crippen LogP) is 2.63. The third-order valence-electron chi connectivity index (χ3n) is 4.43. The van der Waals surface area contributed by atoms with E-state index in [9.17, 15) is 4.79 Å². The minimum absolute atomic E-state index is 0.00556. The summed E-state index contributed by atoms with van der Waals surface area (Å²) in [6, 6.07) is 7.00. The SMILES string of the molecule is CCc1noc(-c2cn(C3CCN(C(=O)c4ccc(Cl)cc4)C3)nn2)n1. The summed E-state index contributed by atoms with van der Waals surface area (Å²) in [5.74, 6) is 0.990. The minimum Gasteiger partial charge on any atom is -0.336 e. The van der Waals surface area contributed by atoms with Crippen LogP contribution in [0.4, 0.5) is 0 Å². The van der Waals surface area contributed by atoms with Gasteiger partial charge in [0.05, 0.1) is 12.2 Å². The van der Waals surface area contributed by atoms with Gasteiger partial charge in [0, 0.05) is 30.1 Å². The summed E-state index contributed by atoms with van der Waals surface area (Å²) in [6.07, 6.45) is 3.29. The van der Waals surface area contributed by atoms with E-state index in [1.54, 1.807) is 35.1 Å². The van der Waals surface area contributed by atoms with Crippen LogP contribution < -0.4 is 0 Å². The molecule has 8 nitrogen and oxygen atoms in total. The van der Waals surface area contributed by atoms with Gasteiger partial charge >= 0.3 is 0 Å². The summed E-state index contributed by atoms with van der Waals surface area (Å²) in [6.45, 7) is 3.20.